The fourth-order valence-electron chi connectivity index (χ4n) is 2.67. The van der Waals surface area contributed by atoms with Gasteiger partial charge in [-0.3, -0.25) is 4.98 Å². The topological polar surface area (TPSA) is 31.4 Å². The van der Waals surface area contributed by atoms with Crippen LogP contribution in [0.4, 0.5) is 5.69 Å². The van der Waals surface area contributed by atoms with Gasteiger partial charge in [0.05, 0.1) is 0 Å². The van der Waals surface area contributed by atoms with Crippen LogP contribution in [0.15, 0.2) is 12.3 Å². The number of anilines is 1. The fraction of sp³-hybridized carbons (Fsp3) is 0.667. The van der Waals surface area contributed by atoms with Gasteiger partial charge in [-0.1, -0.05) is 0 Å². The van der Waals surface area contributed by atoms with Crippen LogP contribution in [0.3, 0.4) is 0 Å². The van der Waals surface area contributed by atoms with Crippen molar-refractivity contribution in [3.8, 4) is 0 Å². The van der Waals surface area contributed by atoms with Gasteiger partial charge in [0.15, 0.2) is 0 Å². The molecule has 0 saturated carbocycles. The summed E-state index contributed by atoms with van der Waals surface area (Å²) < 4.78 is 0. The van der Waals surface area contributed by atoms with E-state index >= 15 is 0 Å². The molecule has 1 fully saturated rings. The molecule has 106 valence electrons. The summed E-state index contributed by atoms with van der Waals surface area (Å²) in [6.07, 6.45) is 4.72. The van der Waals surface area contributed by atoms with Gasteiger partial charge in [-0.15, -0.1) is 0 Å². The Morgan fingerprint density at radius 2 is 2.11 bits per heavy atom. The standard InChI is InChI=1S/C15H26N4/c1-13-10-15(14(11-16-2)12-17-13)18(3)8-9-19-6-4-5-7-19/h10,12,16H,4-9,11H2,1-3H3. The third kappa shape index (κ3) is 3.91. The minimum Gasteiger partial charge on any atom is -0.373 e. The lowest BCUT2D eigenvalue weighted by Crippen LogP contribution is -2.32. The van der Waals surface area contributed by atoms with Crippen LogP contribution in [0.5, 0.6) is 0 Å². The van der Waals surface area contributed by atoms with Crippen LogP contribution < -0.4 is 10.2 Å². The van der Waals surface area contributed by atoms with Crippen molar-refractivity contribution >= 4 is 5.69 Å². The van der Waals surface area contributed by atoms with Crippen molar-refractivity contribution in [2.24, 2.45) is 0 Å². The molecule has 1 N–H and O–H groups in total. The second-order valence-electron chi connectivity index (χ2n) is 5.46. The average Bonchev–Trinajstić information content (AvgIpc) is 2.91. The molecule has 1 aliphatic rings. The quantitative estimate of drug-likeness (QED) is 0.844. The highest BCUT2D eigenvalue weighted by atomic mass is 15.2. The molecule has 0 unspecified atom stereocenters. The molecule has 1 aliphatic heterocycles. The maximum absolute atomic E-state index is 4.40. The lowest BCUT2D eigenvalue weighted by Gasteiger charge is -2.25. The number of likely N-dealkylation sites (N-methyl/N-ethyl adjacent to an activating group) is 1. The normalized spacial score (nSPS) is 15.9. The predicted molar refractivity (Wildman–Crippen MR) is 80.7 cm³/mol. The second-order valence-corrected chi connectivity index (χ2v) is 5.46. The Morgan fingerprint density at radius 3 is 2.79 bits per heavy atom. The van der Waals surface area contributed by atoms with Gasteiger partial charge in [-0.05, 0) is 46.0 Å². The van der Waals surface area contributed by atoms with E-state index in [1.807, 2.05) is 13.2 Å². The molecule has 0 bridgehead atoms. The third-order valence-electron chi connectivity index (χ3n) is 3.83. The molecular weight excluding hydrogens is 236 g/mol. The van der Waals surface area contributed by atoms with Crippen LogP contribution >= 0.6 is 0 Å². The number of hydrogen-bond acceptors (Lipinski definition) is 4. The molecule has 0 spiro atoms. The molecule has 0 amide bonds. The van der Waals surface area contributed by atoms with E-state index in [4.69, 9.17) is 0 Å². The predicted octanol–water partition coefficient (Wildman–Crippen LogP) is 1.64. The van der Waals surface area contributed by atoms with Crippen molar-refractivity contribution < 1.29 is 0 Å². The Morgan fingerprint density at radius 1 is 1.37 bits per heavy atom. The second kappa shape index (κ2) is 6.87. The Bertz CT molecular complexity index is 399. The van der Waals surface area contributed by atoms with Crippen molar-refractivity contribution in [2.75, 3.05) is 45.2 Å². The minimum absolute atomic E-state index is 0.872. The number of nitrogens with zero attached hydrogens (tertiary/aromatic N) is 3. The number of likely N-dealkylation sites (tertiary alicyclic amines) is 1. The first-order valence-electron chi connectivity index (χ1n) is 7.24. The smallest absolute Gasteiger partial charge is 0.0443 e. The third-order valence-corrected chi connectivity index (χ3v) is 3.83. The summed E-state index contributed by atoms with van der Waals surface area (Å²) >= 11 is 0. The first-order valence-corrected chi connectivity index (χ1v) is 7.24. The van der Waals surface area contributed by atoms with Gasteiger partial charge in [-0.2, -0.15) is 0 Å². The number of hydrogen-bond donors (Lipinski definition) is 1. The summed E-state index contributed by atoms with van der Waals surface area (Å²) in [6.45, 7) is 7.72. The van der Waals surface area contributed by atoms with Gasteiger partial charge in [0.1, 0.15) is 0 Å². The first-order chi connectivity index (χ1) is 9.20. The van der Waals surface area contributed by atoms with Crippen molar-refractivity contribution in [3.05, 3.63) is 23.5 Å². The van der Waals surface area contributed by atoms with Crippen molar-refractivity contribution in [2.45, 2.75) is 26.3 Å². The molecule has 4 heteroatoms. The summed E-state index contributed by atoms with van der Waals surface area (Å²) in [4.78, 5) is 9.32. The van der Waals surface area contributed by atoms with E-state index in [9.17, 15) is 0 Å². The van der Waals surface area contributed by atoms with E-state index in [2.05, 4.69) is 40.1 Å². The monoisotopic (exact) mass is 262 g/mol. The Balaban J connectivity index is 1.99. The van der Waals surface area contributed by atoms with Gasteiger partial charge in [0.2, 0.25) is 0 Å². The summed E-state index contributed by atoms with van der Waals surface area (Å²) in [5.41, 5.74) is 3.67. The molecule has 1 aromatic heterocycles. The molecule has 0 aliphatic carbocycles. The molecule has 2 rings (SSSR count). The minimum atomic E-state index is 0.872. The maximum Gasteiger partial charge on any atom is 0.0443 e. The zero-order chi connectivity index (χ0) is 13.7. The van der Waals surface area contributed by atoms with Crippen molar-refractivity contribution in [1.82, 2.24) is 15.2 Å². The Kier molecular flexibility index (Phi) is 5.16. The SMILES string of the molecule is CNCc1cnc(C)cc1N(C)CCN1CCCC1. The number of aryl methyl sites for hydroxylation is 1. The fourth-order valence-corrected chi connectivity index (χ4v) is 2.67. The highest BCUT2D eigenvalue weighted by Crippen LogP contribution is 2.20. The van der Waals surface area contributed by atoms with E-state index in [1.165, 1.54) is 37.2 Å². The van der Waals surface area contributed by atoms with E-state index in [0.717, 1.165) is 25.3 Å². The van der Waals surface area contributed by atoms with Crippen LogP contribution in [-0.4, -0.2) is 50.2 Å². The number of pyridine rings is 1. The zero-order valence-electron chi connectivity index (χ0n) is 12.4. The van der Waals surface area contributed by atoms with Crippen LogP contribution in [0.2, 0.25) is 0 Å². The first kappa shape index (κ1) is 14.3. The van der Waals surface area contributed by atoms with Gasteiger partial charge in [-0.25, -0.2) is 0 Å². The van der Waals surface area contributed by atoms with E-state index in [0.29, 0.717) is 0 Å². The maximum atomic E-state index is 4.40. The molecule has 2 heterocycles. The zero-order valence-corrected chi connectivity index (χ0v) is 12.4. The molecule has 4 nitrogen and oxygen atoms in total. The molecule has 19 heavy (non-hydrogen) atoms. The number of nitrogens with one attached hydrogen (secondary N) is 1. The van der Waals surface area contributed by atoms with Crippen molar-refractivity contribution in [3.63, 3.8) is 0 Å². The van der Waals surface area contributed by atoms with Crippen molar-refractivity contribution in [1.29, 1.82) is 0 Å². The average molecular weight is 262 g/mol. The summed E-state index contributed by atoms with van der Waals surface area (Å²) in [7, 11) is 4.16. The van der Waals surface area contributed by atoms with Gasteiger partial charge >= 0.3 is 0 Å². The summed E-state index contributed by atoms with van der Waals surface area (Å²) in [5.74, 6) is 0. The molecule has 0 atom stereocenters. The molecule has 0 radical (unpaired) electrons. The summed E-state index contributed by atoms with van der Waals surface area (Å²) in [6, 6.07) is 2.19. The lowest BCUT2D eigenvalue weighted by molar-refractivity contribution is 0.346. The Hall–Kier alpha value is -1.13. The molecular formula is C15H26N4. The van der Waals surface area contributed by atoms with Crippen LogP contribution in [0, 0.1) is 6.92 Å². The van der Waals surface area contributed by atoms with Crippen LogP contribution in [0.1, 0.15) is 24.1 Å². The van der Waals surface area contributed by atoms with E-state index in [1.54, 1.807) is 0 Å². The van der Waals surface area contributed by atoms with Crippen LogP contribution in [-0.2, 0) is 6.54 Å². The van der Waals surface area contributed by atoms with E-state index in [-0.39, 0.29) is 0 Å². The highest BCUT2D eigenvalue weighted by molar-refractivity contribution is 5.53. The molecule has 1 aromatic rings. The number of rotatable bonds is 6. The van der Waals surface area contributed by atoms with E-state index < -0.39 is 0 Å². The lowest BCUT2D eigenvalue weighted by atomic mass is 10.2. The number of aromatic nitrogens is 1. The highest BCUT2D eigenvalue weighted by Gasteiger charge is 2.13. The molecule has 0 aromatic carbocycles. The Labute approximate surface area is 116 Å². The largest absolute Gasteiger partial charge is 0.373 e. The van der Waals surface area contributed by atoms with Crippen LogP contribution in [0.25, 0.3) is 0 Å². The van der Waals surface area contributed by atoms with Gasteiger partial charge < -0.3 is 15.1 Å². The summed E-state index contributed by atoms with van der Waals surface area (Å²) in [5, 5.41) is 3.22. The van der Waals surface area contributed by atoms with Gasteiger partial charge in [0, 0.05) is 49.8 Å². The molecule has 1 saturated heterocycles. The van der Waals surface area contributed by atoms with Gasteiger partial charge in [0.25, 0.3) is 0 Å².